The molecule has 0 saturated heterocycles. The average Bonchev–Trinajstić information content (AvgIpc) is 2.38. The van der Waals surface area contributed by atoms with Gasteiger partial charge in [0, 0.05) is 6.54 Å². The SMILES string of the molecule is C/C=C(/CNC(=O)OC(C)(C)C)[Si](C)(C)c1ccccc1. The van der Waals surface area contributed by atoms with E-state index < -0.39 is 13.7 Å². The largest absolute Gasteiger partial charge is 0.444 e. The molecule has 0 aliphatic rings. The monoisotopic (exact) mass is 305 g/mol. The van der Waals surface area contributed by atoms with Gasteiger partial charge in [0.1, 0.15) is 13.7 Å². The summed E-state index contributed by atoms with van der Waals surface area (Å²) in [6.45, 7) is 12.8. The van der Waals surface area contributed by atoms with E-state index in [9.17, 15) is 4.79 Å². The molecule has 0 heterocycles. The van der Waals surface area contributed by atoms with Gasteiger partial charge in [0.15, 0.2) is 0 Å². The highest BCUT2D eigenvalue weighted by atomic mass is 28.3. The van der Waals surface area contributed by atoms with E-state index in [0.717, 1.165) is 0 Å². The summed E-state index contributed by atoms with van der Waals surface area (Å²) >= 11 is 0. The lowest BCUT2D eigenvalue weighted by atomic mass is 10.2. The molecule has 1 aromatic rings. The number of ether oxygens (including phenoxy) is 1. The number of rotatable bonds is 4. The minimum absolute atomic E-state index is 0.361. The van der Waals surface area contributed by atoms with E-state index in [1.54, 1.807) is 0 Å². The molecule has 1 aromatic carbocycles. The molecule has 1 amide bonds. The van der Waals surface area contributed by atoms with Gasteiger partial charge >= 0.3 is 6.09 Å². The molecule has 1 rings (SSSR count). The fraction of sp³-hybridized carbons (Fsp3) is 0.471. The van der Waals surface area contributed by atoms with E-state index in [0.29, 0.717) is 6.54 Å². The Balaban J connectivity index is 2.74. The van der Waals surface area contributed by atoms with Gasteiger partial charge in [-0.1, -0.05) is 59.9 Å². The van der Waals surface area contributed by atoms with Crippen molar-refractivity contribution in [1.82, 2.24) is 5.32 Å². The molecule has 0 saturated carbocycles. The molecule has 4 heteroatoms. The minimum atomic E-state index is -1.74. The van der Waals surface area contributed by atoms with Crippen molar-refractivity contribution in [1.29, 1.82) is 0 Å². The van der Waals surface area contributed by atoms with Crippen LogP contribution in [-0.4, -0.2) is 26.3 Å². The highest BCUT2D eigenvalue weighted by molar-refractivity contribution is 6.95. The summed E-state index contributed by atoms with van der Waals surface area (Å²) in [6.07, 6.45) is 1.76. The van der Waals surface area contributed by atoms with Gasteiger partial charge in [0.05, 0.1) is 0 Å². The third-order valence-electron chi connectivity index (χ3n) is 3.47. The van der Waals surface area contributed by atoms with Crippen LogP contribution in [0.5, 0.6) is 0 Å². The first kappa shape index (κ1) is 17.5. The molecule has 0 atom stereocenters. The van der Waals surface area contributed by atoms with Crippen LogP contribution in [0.2, 0.25) is 13.1 Å². The van der Waals surface area contributed by atoms with E-state index in [4.69, 9.17) is 4.74 Å². The van der Waals surface area contributed by atoms with E-state index >= 15 is 0 Å². The molecule has 0 aliphatic carbocycles. The number of allylic oxidation sites excluding steroid dienone is 1. The van der Waals surface area contributed by atoms with Gasteiger partial charge in [-0.25, -0.2) is 4.79 Å². The van der Waals surface area contributed by atoms with Gasteiger partial charge in [-0.15, -0.1) is 0 Å². The molecule has 3 nitrogen and oxygen atoms in total. The fourth-order valence-electron chi connectivity index (χ4n) is 2.21. The molecule has 21 heavy (non-hydrogen) atoms. The van der Waals surface area contributed by atoms with Crippen molar-refractivity contribution >= 4 is 19.4 Å². The zero-order chi connectivity index (χ0) is 16.1. The number of nitrogens with one attached hydrogen (secondary N) is 1. The first-order valence-corrected chi connectivity index (χ1v) is 10.3. The number of carbonyl (C=O) groups excluding carboxylic acids is 1. The molecule has 0 aromatic heterocycles. The zero-order valence-electron chi connectivity index (χ0n) is 14.0. The maximum atomic E-state index is 11.8. The molecular formula is C17H27NO2Si. The molecule has 0 unspecified atom stereocenters. The fourth-order valence-corrected chi connectivity index (χ4v) is 4.85. The highest BCUT2D eigenvalue weighted by Crippen LogP contribution is 2.15. The summed E-state index contributed by atoms with van der Waals surface area (Å²) in [6, 6.07) is 10.5. The summed E-state index contributed by atoms with van der Waals surface area (Å²) < 4.78 is 5.29. The Bertz CT molecular complexity index is 501. The van der Waals surface area contributed by atoms with Gasteiger partial charge < -0.3 is 10.1 Å². The molecule has 0 bridgehead atoms. The predicted octanol–water partition coefficient (Wildman–Crippen LogP) is 3.61. The van der Waals surface area contributed by atoms with Crippen molar-refractivity contribution < 1.29 is 9.53 Å². The quantitative estimate of drug-likeness (QED) is 0.863. The summed E-state index contributed by atoms with van der Waals surface area (Å²) in [4.78, 5) is 11.8. The Kier molecular flexibility index (Phi) is 5.78. The van der Waals surface area contributed by atoms with Crippen molar-refractivity contribution in [3.8, 4) is 0 Å². The predicted molar refractivity (Wildman–Crippen MR) is 91.6 cm³/mol. The topological polar surface area (TPSA) is 38.3 Å². The summed E-state index contributed by atoms with van der Waals surface area (Å²) in [5, 5.41) is 5.53. The van der Waals surface area contributed by atoms with Gasteiger partial charge in [-0.05, 0) is 27.7 Å². The van der Waals surface area contributed by atoms with Gasteiger partial charge in [0.25, 0.3) is 0 Å². The van der Waals surface area contributed by atoms with Crippen LogP contribution in [0.15, 0.2) is 41.6 Å². The highest BCUT2D eigenvalue weighted by Gasteiger charge is 2.28. The first-order valence-electron chi connectivity index (χ1n) is 7.35. The van der Waals surface area contributed by atoms with Crippen molar-refractivity contribution in [2.75, 3.05) is 6.54 Å². The van der Waals surface area contributed by atoms with E-state index in [1.165, 1.54) is 10.4 Å². The van der Waals surface area contributed by atoms with Crippen LogP contribution in [0.3, 0.4) is 0 Å². The summed E-state index contributed by atoms with van der Waals surface area (Å²) in [5.74, 6) is 0. The molecule has 0 radical (unpaired) electrons. The molecule has 0 fully saturated rings. The van der Waals surface area contributed by atoms with Crippen molar-refractivity contribution in [3.05, 3.63) is 41.6 Å². The molecule has 0 spiro atoms. The van der Waals surface area contributed by atoms with Crippen LogP contribution in [0.1, 0.15) is 27.7 Å². The van der Waals surface area contributed by atoms with Crippen LogP contribution in [0.25, 0.3) is 0 Å². The Morgan fingerprint density at radius 3 is 2.29 bits per heavy atom. The van der Waals surface area contributed by atoms with Gasteiger partial charge in [0.2, 0.25) is 0 Å². The second kappa shape index (κ2) is 6.94. The number of amides is 1. The van der Waals surface area contributed by atoms with Crippen LogP contribution < -0.4 is 10.5 Å². The Hall–Kier alpha value is -1.55. The van der Waals surface area contributed by atoms with Crippen LogP contribution in [0.4, 0.5) is 4.79 Å². The number of benzene rings is 1. The number of hydrogen-bond donors (Lipinski definition) is 1. The summed E-state index contributed by atoms with van der Waals surface area (Å²) in [7, 11) is -1.74. The van der Waals surface area contributed by atoms with Crippen molar-refractivity contribution in [3.63, 3.8) is 0 Å². The van der Waals surface area contributed by atoms with Crippen LogP contribution in [-0.2, 0) is 4.74 Å². The number of alkyl carbamates (subject to hydrolysis) is 1. The second-order valence-electron chi connectivity index (χ2n) is 6.66. The normalized spacial score (nSPS) is 13.0. The molecule has 1 N–H and O–H groups in total. The summed E-state index contributed by atoms with van der Waals surface area (Å²) in [5.41, 5.74) is -0.466. The number of carbonyl (C=O) groups is 1. The van der Waals surface area contributed by atoms with Crippen molar-refractivity contribution in [2.45, 2.75) is 46.4 Å². The third-order valence-corrected chi connectivity index (χ3v) is 7.32. The molecular weight excluding hydrogens is 278 g/mol. The lowest BCUT2D eigenvalue weighted by molar-refractivity contribution is 0.0533. The zero-order valence-corrected chi connectivity index (χ0v) is 15.0. The Morgan fingerprint density at radius 2 is 1.81 bits per heavy atom. The van der Waals surface area contributed by atoms with Gasteiger partial charge in [-0.2, -0.15) is 0 Å². The Morgan fingerprint density at radius 1 is 1.24 bits per heavy atom. The minimum Gasteiger partial charge on any atom is -0.444 e. The smallest absolute Gasteiger partial charge is 0.407 e. The maximum Gasteiger partial charge on any atom is 0.407 e. The van der Waals surface area contributed by atoms with E-state index in [1.807, 2.05) is 33.8 Å². The maximum absolute atomic E-state index is 11.8. The first-order chi connectivity index (χ1) is 9.66. The van der Waals surface area contributed by atoms with E-state index in [-0.39, 0.29) is 6.09 Å². The lowest BCUT2D eigenvalue weighted by Gasteiger charge is -2.27. The third kappa shape index (κ3) is 5.38. The lowest BCUT2D eigenvalue weighted by Crippen LogP contribution is -2.47. The van der Waals surface area contributed by atoms with E-state index in [2.05, 4.69) is 48.8 Å². The van der Waals surface area contributed by atoms with Crippen LogP contribution in [0, 0.1) is 0 Å². The van der Waals surface area contributed by atoms with Gasteiger partial charge in [-0.3, -0.25) is 0 Å². The molecule has 0 aliphatic heterocycles. The van der Waals surface area contributed by atoms with Crippen molar-refractivity contribution in [2.24, 2.45) is 0 Å². The average molecular weight is 305 g/mol. The number of hydrogen-bond acceptors (Lipinski definition) is 2. The second-order valence-corrected chi connectivity index (χ2v) is 11.1. The molecule has 116 valence electrons. The standard InChI is InChI=1S/C17H27NO2Si/c1-7-14(13-18-16(19)20-17(2,3)4)21(5,6)15-11-9-8-10-12-15/h7-12H,13H2,1-6H3,(H,18,19)/b14-7-. The Labute approximate surface area is 129 Å². The van der Waals surface area contributed by atoms with Crippen LogP contribution >= 0.6 is 0 Å².